The summed E-state index contributed by atoms with van der Waals surface area (Å²) in [5.41, 5.74) is 4.60. The Balaban J connectivity index is 3.30. The van der Waals surface area contributed by atoms with Gasteiger partial charge in [-0.3, -0.25) is 11.1 Å². The van der Waals surface area contributed by atoms with Gasteiger partial charge in [-0.15, -0.1) is 0 Å². The predicted molar refractivity (Wildman–Crippen MR) is 102 cm³/mol. The Hall–Kier alpha value is -2.08. The Bertz CT molecular complexity index is 610. The van der Waals surface area contributed by atoms with Crippen LogP contribution in [0.2, 0.25) is 0 Å². The molecule has 0 heterocycles. The molecule has 4 N–H and O–H groups in total. The highest BCUT2D eigenvalue weighted by Crippen LogP contribution is 2.38. The summed E-state index contributed by atoms with van der Waals surface area (Å²) in [5, 5.41) is 12.3. The molecular weight excluding hydrogens is 332 g/mol. The molecule has 0 spiro atoms. The molecule has 26 heavy (non-hydrogen) atoms. The number of carbonyl (C=O) groups is 2. The van der Waals surface area contributed by atoms with Crippen molar-refractivity contribution in [2.24, 2.45) is 17.6 Å². The summed E-state index contributed by atoms with van der Waals surface area (Å²) in [7, 11) is 0. The zero-order valence-electron chi connectivity index (χ0n) is 16.6. The van der Waals surface area contributed by atoms with Crippen LogP contribution in [-0.2, 0) is 9.53 Å². The topological polar surface area (TPSA) is 102 Å². The average molecular weight is 364 g/mol. The fraction of sp³-hybridized carbons (Fsp3) is 0.600. The molecule has 6 heteroatoms. The van der Waals surface area contributed by atoms with Gasteiger partial charge in [-0.2, -0.15) is 0 Å². The molecule has 0 saturated carbocycles. The monoisotopic (exact) mass is 364 g/mol. The zero-order valence-corrected chi connectivity index (χ0v) is 16.6. The SMILES string of the molecule is CCC(c1ccccc1)C(C(C)C)C(N)(NC(=O)OC(C)(C)C)C(=O)O. The third kappa shape index (κ3) is 5.46. The Labute approximate surface area is 156 Å². The minimum absolute atomic E-state index is 0.0869. The predicted octanol–water partition coefficient (Wildman–Crippen LogP) is 3.72. The van der Waals surface area contributed by atoms with Gasteiger partial charge in [0.25, 0.3) is 0 Å². The highest BCUT2D eigenvalue weighted by molar-refractivity contribution is 5.84. The summed E-state index contributed by atoms with van der Waals surface area (Å²) in [6.45, 7) is 11.0. The molecule has 1 aromatic rings. The minimum Gasteiger partial charge on any atom is -0.478 e. The second kappa shape index (κ2) is 8.54. The van der Waals surface area contributed by atoms with E-state index in [4.69, 9.17) is 10.5 Å². The second-order valence-corrected chi connectivity index (χ2v) is 8.00. The van der Waals surface area contributed by atoms with Crippen molar-refractivity contribution in [3.05, 3.63) is 35.9 Å². The summed E-state index contributed by atoms with van der Waals surface area (Å²) >= 11 is 0. The maximum atomic E-state index is 12.3. The summed E-state index contributed by atoms with van der Waals surface area (Å²) < 4.78 is 5.24. The van der Waals surface area contributed by atoms with Crippen LogP contribution in [0.3, 0.4) is 0 Å². The van der Waals surface area contributed by atoms with E-state index in [0.717, 1.165) is 5.56 Å². The number of benzene rings is 1. The lowest BCUT2D eigenvalue weighted by Gasteiger charge is -2.41. The van der Waals surface area contributed by atoms with Gasteiger partial charge in [0.2, 0.25) is 0 Å². The molecule has 0 bridgehead atoms. The normalized spacial score (nSPS) is 16.5. The van der Waals surface area contributed by atoms with Gasteiger partial charge in [-0.05, 0) is 44.6 Å². The average Bonchev–Trinajstić information content (AvgIpc) is 2.50. The standard InChI is InChI=1S/C20H32N2O4/c1-7-15(14-11-9-8-10-12-14)16(13(2)3)20(21,17(23)24)22-18(25)26-19(4,5)6/h8-13,15-16H,7,21H2,1-6H3,(H,22,25)(H,23,24). The fourth-order valence-corrected chi connectivity index (χ4v) is 3.46. The first kappa shape index (κ1) is 22.0. The molecule has 0 aromatic heterocycles. The maximum Gasteiger partial charge on any atom is 0.409 e. The quantitative estimate of drug-likeness (QED) is 0.640. The number of aliphatic carboxylic acids is 1. The molecule has 1 rings (SSSR count). The summed E-state index contributed by atoms with van der Waals surface area (Å²) in [4.78, 5) is 24.4. The molecule has 0 saturated heterocycles. The van der Waals surface area contributed by atoms with Crippen molar-refractivity contribution in [1.29, 1.82) is 0 Å². The summed E-state index contributed by atoms with van der Waals surface area (Å²) in [5.74, 6) is -2.03. The van der Waals surface area contributed by atoms with Crippen molar-refractivity contribution in [1.82, 2.24) is 5.32 Å². The first-order valence-corrected chi connectivity index (χ1v) is 9.00. The number of hydrogen-bond donors (Lipinski definition) is 3. The van der Waals surface area contributed by atoms with E-state index < -0.39 is 29.2 Å². The molecule has 1 aromatic carbocycles. The molecule has 6 nitrogen and oxygen atoms in total. The van der Waals surface area contributed by atoms with E-state index in [2.05, 4.69) is 5.32 Å². The van der Waals surface area contributed by atoms with Crippen LogP contribution in [0.1, 0.15) is 59.4 Å². The van der Waals surface area contributed by atoms with Crippen molar-refractivity contribution in [3.63, 3.8) is 0 Å². The number of carbonyl (C=O) groups excluding carboxylic acids is 1. The molecule has 0 radical (unpaired) electrons. The maximum absolute atomic E-state index is 12.3. The fourth-order valence-electron chi connectivity index (χ4n) is 3.46. The molecule has 3 atom stereocenters. The first-order chi connectivity index (χ1) is 11.9. The highest BCUT2D eigenvalue weighted by atomic mass is 16.6. The van der Waals surface area contributed by atoms with E-state index in [0.29, 0.717) is 6.42 Å². The van der Waals surface area contributed by atoms with Crippen LogP contribution in [0.15, 0.2) is 30.3 Å². The van der Waals surface area contributed by atoms with Gasteiger partial charge in [0.15, 0.2) is 5.66 Å². The third-order valence-corrected chi connectivity index (χ3v) is 4.41. The Morgan fingerprint density at radius 3 is 2.12 bits per heavy atom. The van der Waals surface area contributed by atoms with Crippen LogP contribution in [0.4, 0.5) is 4.79 Å². The van der Waals surface area contributed by atoms with E-state index >= 15 is 0 Å². The largest absolute Gasteiger partial charge is 0.478 e. The first-order valence-electron chi connectivity index (χ1n) is 9.00. The molecular formula is C20H32N2O4. The number of ether oxygens (including phenoxy) is 1. The van der Waals surface area contributed by atoms with Crippen LogP contribution < -0.4 is 11.1 Å². The number of rotatable bonds is 7. The van der Waals surface area contributed by atoms with Gasteiger partial charge >= 0.3 is 12.1 Å². The number of nitrogens with two attached hydrogens (primary N) is 1. The molecule has 1 amide bonds. The van der Waals surface area contributed by atoms with E-state index in [1.165, 1.54) is 0 Å². The van der Waals surface area contributed by atoms with Crippen LogP contribution in [0, 0.1) is 11.8 Å². The number of alkyl carbamates (subject to hydrolysis) is 1. The van der Waals surface area contributed by atoms with Crippen molar-refractivity contribution in [3.8, 4) is 0 Å². The van der Waals surface area contributed by atoms with Crippen molar-refractivity contribution >= 4 is 12.1 Å². The van der Waals surface area contributed by atoms with E-state index in [1.54, 1.807) is 20.8 Å². The van der Waals surface area contributed by atoms with E-state index in [9.17, 15) is 14.7 Å². The molecule has 3 unspecified atom stereocenters. The van der Waals surface area contributed by atoms with E-state index in [1.807, 2.05) is 51.1 Å². The van der Waals surface area contributed by atoms with Crippen LogP contribution in [0.5, 0.6) is 0 Å². The third-order valence-electron chi connectivity index (χ3n) is 4.41. The van der Waals surface area contributed by atoms with Crippen LogP contribution >= 0.6 is 0 Å². The lowest BCUT2D eigenvalue weighted by molar-refractivity contribution is -0.149. The number of nitrogens with one attached hydrogen (secondary N) is 1. The minimum atomic E-state index is -1.95. The lowest BCUT2D eigenvalue weighted by Crippen LogP contribution is -2.68. The Morgan fingerprint density at radius 2 is 1.73 bits per heavy atom. The summed E-state index contributed by atoms with van der Waals surface area (Å²) in [6.07, 6.45) is -0.147. The Kier molecular flexibility index (Phi) is 7.21. The van der Waals surface area contributed by atoms with Crippen LogP contribution in [-0.4, -0.2) is 28.4 Å². The van der Waals surface area contributed by atoms with Gasteiger partial charge in [0, 0.05) is 5.92 Å². The van der Waals surface area contributed by atoms with Gasteiger partial charge < -0.3 is 9.84 Å². The number of carboxylic acids is 1. The smallest absolute Gasteiger partial charge is 0.409 e. The van der Waals surface area contributed by atoms with Gasteiger partial charge in [-0.1, -0.05) is 51.1 Å². The number of carboxylic acid groups (broad SMARTS) is 1. The zero-order chi connectivity index (χ0) is 20.1. The molecule has 0 aliphatic carbocycles. The number of amides is 1. The molecule has 0 fully saturated rings. The highest BCUT2D eigenvalue weighted by Gasteiger charge is 2.49. The second-order valence-electron chi connectivity index (χ2n) is 8.00. The molecule has 0 aliphatic rings. The van der Waals surface area contributed by atoms with Crippen molar-refractivity contribution < 1.29 is 19.4 Å². The van der Waals surface area contributed by atoms with Crippen LogP contribution in [0.25, 0.3) is 0 Å². The van der Waals surface area contributed by atoms with Crippen molar-refractivity contribution in [2.75, 3.05) is 0 Å². The molecule has 0 aliphatic heterocycles. The van der Waals surface area contributed by atoms with Gasteiger partial charge in [0.1, 0.15) is 5.60 Å². The molecule has 146 valence electrons. The van der Waals surface area contributed by atoms with Gasteiger partial charge in [-0.25, -0.2) is 9.59 Å². The summed E-state index contributed by atoms with van der Waals surface area (Å²) in [6, 6.07) is 9.65. The van der Waals surface area contributed by atoms with Gasteiger partial charge in [0.05, 0.1) is 0 Å². The Morgan fingerprint density at radius 1 is 1.19 bits per heavy atom. The lowest BCUT2D eigenvalue weighted by atomic mass is 9.70. The number of hydrogen-bond acceptors (Lipinski definition) is 4. The van der Waals surface area contributed by atoms with E-state index in [-0.39, 0.29) is 11.8 Å². The van der Waals surface area contributed by atoms with Crippen molar-refractivity contribution in [2.45, 2.75) is 65.1 Å².